The van der Waals surface area contributed by atoms with Gasteiger partial charge in [-0.25, -0.2) is 0 Å². The van der Waals surface area contributed by atoms with Crippen molar-refractivity contribution in [3.8, 4) is 0 Å². The van der Waals surface area contributed by atoms with Crippen molar-refractivity contribution >= 4 is 10.9 Å². The maximum Gasteiger partial charge on any atom is 0.205 e. The van der Waals surface area contributed by atoms with Crippen molar-refractivity contribution in [1.29, 1.82) is 0 Å². The fraction of sp³-hybridized carbons (Fsp3) is 0.630. The molecule has 0 saturated carbocycles. The quantitative estimate of drug-likeness (QED) is 0.302. The standard InChI is InChI=1S/C27H38N2O8/c1-3-15-18(10-20-22-17(8-9-28-20)16-6-4-5-7-19(16)29-22)14(12-34-2)13-35-26(15)37-27-25(33)24(32)23(31)21(11-30)36-27/h4-7,13,15,18,20-21,23-33H,3,8-12H2,1-2H3/t15-,18-,20+,21-,23-,24+,25-,26+,27+/m1/s1. The molecule has 10 heteroatoms. The molecule has 1 saturated heterocycles. The molecule has 0 spiro atoms. The molecule has 1 aromatic carbocycles. The number of rotatable bonds is 8. The number of methoxy groups -OCH3 is 1. The van der Waals surface area contributed by atoms with Crippen LogP contribution in [-0.4, -0.2) is 89.3 Å². The molecule has 6 N–H and O–H groups in total. The van der Waals surface area contributed by atoms with Gasteiger partial charge in [-0.1, -0.05) is 25.1 Å². The van der Waals surface area contributed by atoms with Crippen molar-refractivity contribution in [2.24, 2.45) is 11.8 Å². The Morgan fingerprint density at radius 3 is 2.65 bits per heavy atom. The van der Waals surface area contributed by atoms with Gasteiger partial charge in [0.2, 0.25) is 6.29 Å². The lowest BCUT2D eigenvalue weighted by atomic mass is 9.77. The zero-order valence-electron chi connectivity index (χ0n) is 21.2. The lowest BCUT2D eigenvalue weighted by molar-refractivity contribution is -0.342. The van der Waals surface area contributed by atoms with E-state index in [-0.39, 0.29) is 17.9 Å². The highest BCUT2D eigenvalue weighted by Gasteiger charge is 2.47. The van der Waals surface area contributed by atoms with Gasteiger partial charge in [-0.2, -0.15) is 0 Å². The van der Waals surface area contributed by atoms with Gasteiger partial charge >= 0.3 is 0 Å². The predicted molar refractivity (Wildman–Crippen MR) is 134 cm³/mol. The Hall–Kier alpha value is -2.02. The van der Waals surface area contributed by atoms with Crippen molar-refractivity contribution in [1.82, 2.24) is 10.3 Å². The van der Waals surface area contributed by atoms with Gasteiger partial charge in [0.1, 0.15) is 24.4 Å². The summed E-state index contributed by atoms with van der Waals surface area (Å²) in [6, 6.07) is 8.48. The van der Waals surface area contributed by atoms with Crippen LogP contribution in [-0.2, 0) is 25.4 Å². The van der Waals surface area contributed by atoms with E-state index < -0.39 is 43.6 Å². The Balaban J connectivity index is 1.39. The number of hydrogen-bond donors (Lipinski definition) is 6. The molecule has 0 amide bonds. The first kappa shape index (κ1) is 26.6. The molecule has 0 radical (unpaired) electrons. The zero-order valence-corrected chi connectivity index (χ0v) is 21.2. The van der Waals surface area contributed by atoms with Crippen LogP contribution in [0.5, 0.6) is 0 Å². The van der Waals surface area contributed by atoms with Crippen LogP contribution in [0.2, 0.25) is 0 Å². The first-order valence-corrected chi connectivity index (χ1v) is 13.1. The van der Waals surface area contributed by atoms with Crippen molar-refractivity contribution < 1.29 is 39.4 Å². The highest BCUT2D eigenvalue weighted by atomic mass is 16.8. The van der Waals surface area contributed by atoms with E-state index in [0.29, 0.717) is 6.61 Å². The number of benzene rings is 1. The number of aromatic amines is 1. The lowest BCUT2D eigenvalue weighted by Gasteiger charge is -2.44. The maximum absolute atomic E-state index is 10.5. The lowest BCUT2D eigenvalue weighted by Crippen LogP contribution is -2.60. The second-order valence-electron chi connectivity index (χ2n) is 10.2. The van der Waals surface area contributed by atoms with Gasteiger partial charge in [0.25, 0.3) is 0 Å². The summed E-state index contributed by atoms with van der Waals surface area (Å²) >= 11 is 0. The van der Waals surface area contributed by atoms with E-state index in [4.69, 9.17) is 18.9 Å². The van der Waals surface area contributed by atoms with Crippen LogP contribution in [0.3, 0.4) is 0 Å². The third-order valence-corrected chi connectivity index (χ3v) is 8.05. The van der Waals surface area contributed by atoms with Gasteiger partial charge in [0, 0.05) is 35.7 Å². The van der Waals surface area contributed by atoms with Crippen LogP contribution >= 0.6 is 0 Å². The minimum atomic E-state index is -1.51. The van der Waals surface area contributed by atoms with E-state index in [2.05, 4.69) is 35.4 Å². The maximum atomic E-state index is 10.5. The smallest absolute Gasteiger partial charge is 0.205 e. The number of aromatic nitrogens is 1. The van der Waals surface area contributed by atoms with E-state index in [1.165, 1.54) is 16.6 Å². The third-order valence-electron chi connectivity index (χ3n) is 8.05. The molecule has 5 rings (SSSR count). The van der Waals surface area contributed by atoms with Crippen LogP contribution in [0, 0.1) is 11.8 Å². The topological polar surface area (TPSA) is 146 Å². The number of aliphatic hydroxyl groups excluding tert-OH is 4. The van der Waals surface area contributed by atoms with Crippen LogP contribution in [0.1, 0.15) is 37.1 Å². The van der Waals surface area contributed by atoms with Gasteiger partial charge in [0.05, 0.1) is 19.5 Å². The monoisotopic (exact) mass is 518 g/mol. The highest BCUT2D eigenvalue weighted by molar-refractivity contribution is 5.85. The summed E-state index contributed by atoms with van der Waals surface area (Å²) in [7, 11) is 1.66. The van der Waals surface area contributed by atoms with Crippen LogP contribution in [0.4, 0.5) is 0 Å². The van der Waals surface area contributed by atoms with Crippen molar-refractivity contribution in [2.75, 3.05) is 26.9 Å². The van der Waals surface area contributed by atoms with Crippen LogP contribution in [0.25, 0.3) is 10.9 Å². The van der Waals surface area contributed by atoms with E-state index in [1.807, 2.05) is 6.07 Å². The summed E-state index contributed by atoms with van der Waals surface area (Å²) in [5.41, 5.74) is 4.72. The molecule has 204 valence electrons. The molecule has 0 aliphatic carbocycles. The molecular weight excluding hydrogens is 480 g/mol. The Morgan fingerprint density at radius 2 is 1.89 bits per heavy atom. The number of ether oxygens (including phenoxy) is 4. The predicted octanol–water partition coefficient (Wildman–Crippen LogP) is 1.09. The number of aliphatic hydroxyl groups is 4. The third kappa shape index (κ3) is 5.05. The first-order chi connectivity index (χ1) is 18.0. The first-order valence-electron chi connectivity index (χ1n) is 13.1. The molecule has 1 fully saturated rings. The number of nitrogens with one attached hydrogen (secondary N) is 2. The number of hydrogen-bond acceptors (Lipinski definition) is 9. The van der Waals surface area contributed by atoms with Crippen LogP contribution < -0.4 is 5.32 Å². The summed E-state index contributed by atoms with van der Waals surface area (Å²) in [6.07, 6.45) is -3.38. The average Bonchev–Trinajstić information content (AvgIpc) is 3.30. The molecule has 0 bridgehead atoms. The van der Waals surface area contributed by atoms with E-state index in [9.17, 15) is 20.4 Å². The van der Waals surface area contributed by atoms with Gasteiger partial charge in [-0.05, 0) is 48.9 Å². The van der Waals surface area contributed by atoms with Crippen molar-refractivity contribution in [3.05, 3.63) is 47.4 Å². The normalized spacial score (nSPS) is 36.2. The fourth-order valence-corrected chi connectivity index (χ4v) is 6.08. The Bertz CT molecular complexity index is 1090. The Morgan fingerprint density at radius 1 is 1.08 bits per heavy atom. The molecule has 2 aromatic rings. The summed E-state index contributed by atoms with van der Waals surface area (Å²) in [5, 5.41) is 45.3. The molecule has 37 heavy (non-hydrogen) atoms. The van der Waals surface area contributed by atoms with E-state index in [0.717, 1.165) is 36.9 Å². The summed E-state index contributed by atoms with van der Waals surface area (Å²) in [4.78, 5) is 3.63. The van der Waals surface area contributed by atoms with Gasteiger partial charge < -0.3 is 49.7 Å². The number of H-pyrrole nitrogens is 1. The number of fused-ring (bicyclic) bond motifs is 3. The molecule has 3 aliphatic rings. The Labute approximate surface area is 216 Å². The van der Waals surface area contributed by atoms with E-state index >= 15 is 0 Å². The molecule has 0 unspecified atom stereocenters. The van der Waals surface area contributed by atoms with Crippen molar-refractivity contribution in [2.45, 2.75) is 69.2 Å². The highest BCUT2D eigenvalue weighted by Crippen LogP contribution is 2.42. The molecule has 10 nitrogen and oxygen atoms in total. The second-order valence-corrected chi connectivity index (χ2v) is 10.2. The van der Waals surface area contributed by atoms with Gasteiger partial charge in [0.15, 0.2) is 6.29 Å². The largest absolute Gasteiger partial charge is 0.472 e. The summed E-state index contributed by atoms with van der Waals surface area (Å²) in [6.45, 7) is 2.84. The van der Waals surface area contributed by atoms with Crippen LogP contribution in [0.15, 0.2) is 36.1 Å². The minimum absolute atomic E-state index is 0.0449. The second kappa shape index (κ2) is 11.4. The minimum Gasteiger partial charge on any atom is -0.472 e. The molecule has 1 aromatic heterocycles. The summed E-state index contributed by atoms with van der Waals surface area (Å²) in [5.74, 6) is -0.0532. The molecular formula is C27H38N2O8. The number of para-hydroxylation sites is 1. The molecule has 4 heterocycles. The SMILES string of the molecule is CC[C@H]1[C@H](O[C@@H]2O[C@H](CO)[C@@H](O)[C@H](O)[C@H]2O)OC=C(COC)[C@H]1C[C@@H]1NCCc2c1[nH]c1ccccc21. The van der Waals surface area contributed by atoms with Gasteiger partial charge in [-0.3, -0.25) is 0 Å². The summed E-state index contributed by atoms with van der Waals surface area (Å²) < 4.78 is 23.1. The molecule has 3 aliphatic heterocycles. The van der Waals surface area contributed by atoms with E-state index in [1.54, 1.807) is 13.4 Å². The van der Waals surface area contributed by atoms with Gasteiger partial charge in [-0.15, -0.1) is 0 Å². The molecule has 9 atom stereocenters. The average molecular weight is 519 g/mol. The fourth-order valence-electron chi connectivity index (χ4n) is 6.08. The zero-order chi connectivity index (χ0) is 26.1. The van der Waals surface area contributed by atoms with Crippen molar-refractivity contribution in [3.63, 3.8) is 0 Å². The Kier molecular flexibility index (Phi) is 8.18.